The summed E-state index contributed by atoms with van der Waals surface area (Å²) in [5, 5.41) is 12.2. The Morgan fingerprint density at radius 1 is 1.16 bits per heavy atom. The van der Waals surface area contributed by atoms with Crippen molar-refractivity contribution in [3.8, 4) is 5.69 Å². The number of hydrogen-bond donors (Lipinski definition) is 1. The third-order valence-electron chi connectivity index (χ3n) is 5.17. The zero-order valence-electron chi connectivity index (χ0n) is 17.0. The molecule has 1 aliphatic rings. The fourth-order valence-corrected chi connectivity index (χ4v) is 4.45. The Labute approximate surface area is 189 Å². The molecule has 1 fully saturated rings. The lowest BCUT2D eigenvalue weighted by Crippen LogP contribution is -2.28. The van der Waals surface area contributed by atoms with Crippen LogP contribution >= 0.6 is 23.4 Å². The van der Waals surface area contributed by atoms with E-state index in [1.807, 2.05) is 36.1 Å². The highest BCUT2D eigenvalue weighted by Crippen LogP contribution is 2.24. The molecule has 0 saturated carbocycles. The number of aromatic nitrogens is 3. The highest BCUT2D eigenvalue weighted by molar-refractivity contribution is 7.99. The van der Waals surface area contributed by atoms with E-state index in [-0.39, 0.29) is 17.6 Å². The van der Waals surface area contributed by atoms with Crippen molar-refractivity contribution in [3.05, 3.63) is 64.9 Å². The maximum absolute atomic E-state index is 12.8. The van der Waals surface area contributed by atoms with Gasteiger partial charge in [-0.3, -0.25) is 14.2 Å². The van der Waals surface area contributed by atoms with Crippen LogP contribution < -0.4 is 5.32 Å². The van der Waals surface area contributed by atoms with Crippen LogP contribution in [0.3, 0.4) is 0 Å². The predicted octanol–water partition coefficient (Wildman–Crippen LogP) is 4.20. The van der Waals surface area contributed by atoms with Crippen molar-refractivity contribution in [1.82, 2.24) is 19.7 Å². The lowest BCUT2D eigenvalue weighted by Gasteiger charge is -2.18. The van der Waals surface area contributed by atoms with Crippen LogP contribution in [0.15, 0.2) is 53.9 Å². The summed E-state index contributed by atoms with van der Waals surface area (Å²) in [6, 6.07) is 12.8. The Morgan fingerprint density at radius 2 is 1.94 bits per heavy atom. The topological polar surface area (TPSA) is 80.1 Å². The van der Waals surface area contributed by atoms with Gasteiger partial charge in [-0.15, -0.1) is 10.2 Å². The van der Waals surface area contributed by atoms with Crippen LogP contribution in [0.25, 0.3) is 5.69 Å². The van der Waals surface area contributed by atoms with Crippen molar-refractivity contribution in [2.24, 2.45) is 0 Å². The van der Waals surface area contributed by atoms with Crippen molar-refractivity contribution in [3.63, 3.8) is 0 Å². The van der Waals surface area contributed by atoms with Gasteiger partial charge in [-0.1, -0.05) is 35.5 Å². The monoisotopic (exact) mass is 455 g/mol. The molecule has 0 aliphatic carbocycles. The number of halogens is 1. The molecule has 0 bridgehead atoms. The molecule has 3 aromatic rings. The molecule has 0 radical (unpaired) electrons. The lowest BCUT2D eigenvalue weighted by molar-refractivity contribution is -0.113. The van der Waals surface area contributed by atoms with Crippen LogP contribution in [0.1, 0.15) is 28.8 Å². The van der Waals surface area contributed by atoms with Crippen LogP contribution in [0, 0.1) is 6.92 Å². The third-order valence-corrected chi connectivity index (χ3v) is 6.34. The number of anilines is 1. The van der Waals surface area contributed by atoms with Gasteiger partial charge in [-0.2, -0.15) is 0 Å². The zero-order chi connectivity index (χ0) is 21.8. The SMILES string of the molecule is Cc1c(NC(=O)CSc2nncn2-c2cccc(Cl)c2)cccc1C(=O)N1CCCC1. The van der Waals surface area contributed by atoms with E-state index >= 15 is 0 Å². The first-order chi connectivity index (χ1) is 15.0. The van der Waals surface area contributed by atoms with Crippen molar-refractivity contribution in [1.29, 1.82) is 0 Å². The number of amides is 2. The number of carbonyl (C=O) groups excluding carboxylic acids is 2. The van der Waals surface area contributed by atoms with Crippen molar-refractivity contribution in [2.75, 3.05) is 24.2 Å². The molecule has 2 aromatic carbocycles. The molecule has 7 nitrogen and oxygen atoms in total. The molecule has 1 aliphatic heterocycles. The molecule has 0 unspecified atom stereocenters. The number of carbonyl (C=O) groups is 2. The number of nitrogens with zero attached hydrogens (tertiary/aromatic N) is 4. The summed E-state index contributed by atoms with van der Waals surface area (Å²) in [6.45, 7) is 3.44. The largest absolute Gasteiger partial charge is 0.339 e. The number of thioether (sulfide) groups is 1. The Hall–Kier alpha value is -2.84. The molecule has 0 spiro atoms. The van der Waals surface area contributed by atoms with E-state index in [1.54, 1.807) is 29.1 Å². The Balaban J connectivity index is 1.42. The summed E-state index contributed by atoms with van der Waals surface area (Å²) >= 11 is 7.35. The summed E-state index contributed by atoms with van der Waals surface area (Å²) in [7, 11) is 0. The zero-order valence-corrected chi connectivity index (χ0v) is 18.6. The first-order valence-electron chi connectivity index (χ1n) is 10.0. The van der Waals surface area contributed by atoms with E-state index in [4.69, 9.17) is 11.6 Å². The maximum atomic E-state index is 12.8. The van der Waals surface area contributed by atoms with Gasteiger partial charge >= 0.3 is 0 Å². The Bertz CT molecular complexity index is 1110. The second-order valence-electron chi connectivity index (χ2n) is 7.28. The van der Waals surface area contributed by atoms with Crippen molar-refractivity contribution >= 4 is 40.9 Å². The highest BCUT2D eigenvalue weighted by atomic mass is 35.5. The van der Waals surface area contributed by atoms with Crippen LogP contribution in [0.4, 0.5) is 5.69 Å². The smallest absolute Gasteiger partial charge is 0.254 e. The second-order valence-corrected chi connectivity index (χ2v) is 8.66. The van der Waals surface area contributed by atoms with Gasteiger partial charge in [-0.25, -0.2) is 0 Å². The van der Waals surface area contributed by atoms with Crippen LogP contribution in [0.5, 0.6) is 0 Å². The van der Waals surface area contributed by atoms with E-state index in [0.717, 1.165) is 37.2 Å². The average molecular weight is 456 g/mol. The third kappa shape index (κ3) is 4.91. The van der Waals surface area contributed by atoms with Crippen molar-refractivity contribution < 1.29 is 9.59 Å². The lowest BCUT2D eigenvalue weighted by atomic mass is 10.1. The molecular weight excluding hydrogens is 434 g/mol. The summed E-state index contributed by atoms with van der Waals surface area (Å²) in [6.07, 6.45) is 3.67. The molecule has 9 heteroatoms. The number of nitrogens with one attached hydrogen (secondary N) is 1. The summed E-state index contributed by atoms with van der Waals surface area (Å²) in [5.74, 6) is -0.00201. The van der Waals surface area contributed by atoms with Gasteiger partial charge in [-0.05, 0) is 55.7 Å². The molecule has 2 heterocycles. The van der Waals surface area contributed by atoms with E-state index in [1.165, 1.54) is 11.8 Å². The van der Waals surface area contributed by atoms with Gasteiger partial charge in [0.25, 0.3) is 5.91 Å². The van der Waals surface area contributed by atoms with Crippen LogP contribution in [-0.2, 0) is 4.79 Å². The van der Waals surface area contributed by atoms with Crippen LogP contribution in [0.2, 0.25) is 5.02 Å². The molecular formula is C22H22ClN5O2S. The van der Waals surface area contributed by atoms with Gasteiger partial charge in [0.2, 0.25) is 5.91 Å². The molecule has 2 amide bonds. The predicted molar refractivity (Wildman–Crippen MR) is 122 cm³/mol. The molecule has 1 saturated heterocycles. The standard InChI is InChI=1S/C22H22ClN5O2S/c1-15-18(21(30)27-10-2-3-11-27)8-5-9-19(15)25-20(29)13-31-22-26-24-14-28(22)17-7-4-6-16(23)12-17/h4-9,12,14H,2-3,10-11,13H2,1H3,(H,25,29). The van der Waals surface area contributed by atoms with E-state index in [9.17, 15) is 9.59 Å². The minimum Gasteiger partial charge on any atom is -0.339 e. The van der Waals surface area contributed by atoms with E-state index < -0.39 is 0 Å². The molecule has 1 N–H and O–H groups in total. The summed E-state index contributed by atoms with van der Waals surface area (Å²) in [4.78, 5) is 27.2. The molecule has 160 valence electrons. The van der Waals surface area contributed by atoms with Gasteiger partial charge in [0, 0.05) is 29.4 Å². The molecule has 0 atom stereocenters. The normalized spacial score (nSPS) is 13.4. The molecule has 4 rings (SSSR count). The van der Waals surface area contributed by atoms with E-state index in [0.29, 0.717) is 21.4 Å². The number of likely N-dealkylation sites (tertiary alicyclic amines) is 1. The number of benzene rings is 2. The number of rotatable bonds is 6. The first kappa shape index (κ1) is 21.4. The summed E-state index contributed by atoms with van der Waals surface area (Å²) < 4.78 is 1.78. The van der Waals surface area contributed by atoms with E-state index in [2.05, 4.69) is 15.5 Å². The van der Waals surface area contributed by atoms with Gasteiger partial charge in [0.1, 0.15) is 6.33 Å². The fourth-order valence-electron chi connectivity index (χ4n) is 3.54. The first-order valence-corrected chi connectivity index (χ1v) is 11.4. The number of hydrogen-bond acceptors (Lipinski definition) is 5. The van der Waals surface area contributed by atoms with Gasteiger partial charge in [0.05, 0.1) is 11.4 Å². The Kier molecular flexibility index (Phi) is 6.58. The quantitative estimate of drug-likeness (QED) is 0.563. The fraction of sp³-hybridized carbons (Fsp3) is 0.273. The molecule has 1 aromatic heterocycles. The molecule has 31 heavy (non-hydrogen) atoms. The minimum absolute atomic E-state index is 0.0232. The highest BCUT2D eigenvalue weighted by Gasteiger charge is 2.22. The summed E-state index contributed by atoms with van der Waals surface area (Å²) in [5.41, 5.74) is 2.88. The minimum atomic E-state index is -0.181. The Morgan fingerprint density at radius 3 is 2.71 bits per heavy atom. The second kappa shape index (κ2) is 9.53. The van der Waals surface area contributed by atoms with Gasteiger partial charge < -0.3 is 10.2 Å². The average Bonchev–Trinajstić information content (AvgIpc) is 3.45. The van der Waals surface area contributed by atoms with Crippen molar-refractivity contribution in [2.45, 2.75) is 24.9 Å². The van der Waals surface area contributed by atoms with Gasteiger partial charge in [0.15, 0.2) is 5.16 Å². The van der Waals surface area contributed by atoms with Crippen LogP contribution in [-0.4, -0.2) is 50.3 Å². The maximum Gasteiger partial charge on any atom is 0.254 e.